The summed E-state index contributed by atoms with van der Waals surface area (Å²) in [6.45, 7) is 7.64. The number of carbonyl (C=O) groups is 3. The first kappa shape index (κ1) is 35.9. The van der Waals surface area contributed by atoms with Crippen LogP contribution < -0.4 is 14.7 Å². The molecule has 4 aliphatic heterocycles. The molecule has 0 bridgehead atoms. The van der Waals surface area contributed by atoms with Gasteiger partial charge in [-0.05, 0) is 61.0 Å². The molecule has 3 saturated heterocycles. The van der Waals surface area contributed by atoms with Gasteiger partial charge in [0, 0.05) is 41.1 Å². The number of rotatable bonds is 11. The second kappa shape index (κ2) is 14.0. The van der Waals surface area contributed by atoms with Gasteiger partial charge in [-0.1, -0.05) is 54.6 Å². The summed E-state index contributed by atoms with van der Waals surface area (Å²) in [6, 6.07) is 22.7. The van der Waals surface area contributed by atoms with Crippen molar-refractivity contribution in [2.75, 3.05) is 47.6 Å². The van der Waals surface area contributed by atoms with Crippen LogP contribution in [0.2, 0.25) is 18.6 Å². The lowest BCUT2D eigenvalue weighted by Crippen LogP contribution is -2.46. The quantitative estimate of drug-likeness (QED) is 0.205. The monoisotopic (exact) mass is 752 g/mol. The molecule has 2 N–H and O–H groups in total. The lowest BCUT2D eigenvalue weighted by Gasteiger charge is -2.32. The van der Waals surface area contributed by atoms with Crippen molar-refractivity contribution in [3.63, 3.8) is 0 Å². The normalized spacial score (nSPS) is 24.4. The number of aryl methyl sites for hydroxylation is 1. The molecule has 1 spiro atoms. The Morgan fingerprint density at radius 1 is 0.926 bits per heavy atom. The minimum Gasteiger partial charge on any atom is -0.447 e. The summed E-state index contributed by atoms with van der Waals surface area (Å²) < 4.78 is 19.2. The van der Waals surface area contributed by atoms with E-state index in [2.05, 4.69) is 10.3 Å². The Kier molecular flexibility index (Phi) is 9.28. The highest BCUT2D eigenvalue weighted by atomic mass is 28.4. The number of aliphatic hydroxyl groups excluding tert-OH is 1. The van der Waals surface area contributed by atoms with Gasteiger partial charge in [0.2, 0.25) is 0 Å². The van der Waals surface area contributed by atoms with Gasteiger partial charge in [0.25, 0.3) is 5.91 Å². The van der Waals surface area contributed by atoms with Crippen LogP contribution in [-0.4, -0.2) is 90.3 Å². The topological polar surface area (TPSA) is 160 Å². The van der Waals surface area contributed by atoms with Crippen LogP contribution in [0.1, 0.15) is 41.6 Å². The second-order valence-corrected chi connectivity index (χ2v) is 19.0. The highest BCUT2D eigenvalue weighted by Crippen LogP contribution is 2.60. The van der Waals surface area contributed by atoms with E-state index in [1.165, 1.54) is 0 Å². The molecule has 1 aromatic heterocycles. The highest BCUT2D eigenvalue weighted by Gasteiger charge is 2.66. The molecule has 54 heavy (non-hydrogen) atoms. The lowest BCUT2D eigenvalue weighted by molar-refractivity contribution is -0.146. The summed E-state index contributed by atoms with van der Waals surface area (Å²) in [5.41, 5.74) is 3.18. The molecular formula is C39H44N6O8Si. The molecule has 0 saturated carbocycles. The fourth-order valence-electron chi connectivity index (χ4n) is 8.82. The molecule has 0 aliphatic carbocycles. The van der Waals surface area contributed by atoms with Crippen molar-refractivity contribution in [1.82, 2.24) is 15.0 Å². The molecule has 3 aromatic carbocycles. The van der Waals surface area contributed by atoms with Gasteiger partial charge in [0.1, 0.15) is 13.2 Å². The Morgan fingerprint density at radius 2 is 1.63 bits per heavy atom. The van der Waals surface area contributed by atoms with Crippen LogP contribution in [0.15, 0.2) is 79.0 Å². The number of hydrogen-bond acceptors (Lipinski definition) is 10. The third kappa shape index (κ3) is 6.14. The van der Waals surface area contributed by atoms with Gasteiger partial charge in [-0.25, -0.2) is 9.59 Å². The van der Waals surface area contributed by atoms with E-state index in [0.717, 1.165) is 11.1 Å². The third-order valence-corrected chi connectivity index (χ3v) is 13.8. The zero-order valence-corrected chi connectivity index (χ0v) is 31.5. The Balaban J connectivity index is 1.13. The molecule has 282 valence electrons. The predicted molar refractivity (Wildman–Crippen MR) is 201 cm³/mol. The van der Waals surface area contributed by atoms with Crippen LogP contribution in [0.25, 0.3) is 0 Å². The average Bonchev–Trinajstić information content (AvgIpc) is 3.99. The van der Waals surface area contributed by atoms with E-state index in [4.69, 9.17) is 14.2 Å². The fraction of sp³-hybridized carbons (Fsp3) is 0.410. The first-order valence-electron chi connectivity index (χ1n) is 18.4. The molecule has 5 heterocycles. The van der Waals surface area contributed by atoms with E-state index in [0.29, 0.717) is 61.0 Å². The number of aromatic nitrogens is 3. The summed E-state index contributed by atoms with van der Waals surface area (Å²) in [5.74, 6) is -1.01. The standard InChI is InChI=1S/C39H44N6O8Si/c1-25-35(54(2,3)50)34(14-15-42-23-32(40-41-42)30(24-46)27-9-5-4-6-10-27)53-39(25)31-21-29(44-17-19-52-38(44)49)12-13-33(31)45(36(39)47)22-26-8-7-11-28(20-26)43-16-18-51-37(43)48/h4-13,20-21,23,25,30,34-35,46,50H,14-19,22,24H2,1-3H3/t25-,30?,34+,35-,39+/m0/s1. The molecule has 15 heteroatoms. The van der Waals surface area contributed by atoms with Crippen LogP contribution in [0, 0.1) is 5.92 Å². The zero-order chi connectivity index (χ0) is 37.8. The lowest BCUT2D eigenvalue weighted by atomic mass is 9.82. The van der Waals surface area contributed by atoms with Gasteiger partial charge in [-0.2, -0.15) is 0 Å². The first-order valence-corrected chi connectivity index (χ1v) is 21.4. The van der Waals surface area contributed by atoms with Gasteiger partial charge in [-0.3, -0.25) is 19.3 Å². The first-order chi connectivity index (χ1) is 26.0. The molecule has 8 rings (SSSR count). The molecule has 14 nitrogen and oxygen atoms in total. The van der Waals surface area contributed by atoms with Crippen LogP contribution in [0.4, 0.5) is 26.7 Å². The van der Waals surface area contributed by atoms with Gasteiger partial charge in [0.05, 0.1) is 49.6 Å². The Morgan fingerprint density at radius 3 is 2.28 bits per heavy atom. The van der Waals surface area contributed by atoms with E-state index in [9.17, 15) is 19.5 Å². The Bertz CT molecular complexity index is 2070. The van der Waals surface area contributed by atoms with E-state index in [-0.39, 0.29) is 37.1 Å². The van der Waals surface area contributed by atoms with Crippen LogP contribution in [0.3, 0.4) is 0 Å². The minimum atomic E-state index is -2.98. The zero-order valence-electron chi connectivity index (χ0n) is 30.5. The number of carbonyl (C=O) groups excluding carboxylic acids is 3. The van der Waals surface area contributed by atoms with Crippen molar-refractivity contribution in [3.8, 4) is 0 Å². The van der Waals surface area contributed by atoms with Crippen molar-refractivity contribution in [2.24, 2.45) is 5.92 Å². The maximum atomic E-state index is 15.1. The minimum absolute atomic E-state index is 0.120. The molecule has 5 atom stereocenters. The number of nitrogens with zero attached hydrogens (tertiary/aromatic N) is 6. The smallest absolute Gasteiger partial charge is 0.414 e. The van der Waals surface area contributed by atoms with Gasteiger partial charge in [-0.15, -0.1) is 5.10 Å². The molecule has 3 fully saturated rings. The van der Waals surface area contributed by atoms with Crippen molar-refractivity contribution in [1.29, 1.82) is 0 Å². The Labute approximate surface area is 314 Å². The summed E-state index contributed by atoms with van der Waals surface area (Å²) in [4.78, 5) is 56.9. The third-order valence-electron chi connectivity index (χ3n) is 11.3. The molecule has 3 amide bonds. The number of ether oxygens (including phenoxy) is 3. The Hall–Kier alpha value is -5.09. The van der Waals surface area contributed by atoms with Gasteiger partial charge in [0.15, 0.2) is 13.9 Å². The van der Waals surface area contributed by atoms with Gasteiger partial charge >= 0.3 is 12.2 Å². The van der Waals surface area contributed by atoms with Gasteiger partial charge < -0.3 is 29.0 Å². The highest BCUT2D eigenvalue weighted by molar-refractivity contribution is 6.71. The summed E-state index contributed by atoms with van der Waals surface area (Å²) in [6.07, 6.45) is 0.900. The summed E-state index contributed by atoms with van der Waals surface area (Å²) in [7, 11) is -2.98. The second-order valence-electron chi connectivity index (χ2n) is 15.0. The maximum absolute atomic E-state index is 15.1. The summed E-state index contributed by atoms with van der Waals surface area (Å²) in [5, 5.41) is 19.0. The van der Waals surface area contributed by atoms with Crippen LogP contribution in [0.5, 0.6) is 0 Å². The SMILES string of the molecule is C[C@H]1[C@H]([Si](C)(C)O)[C@@H](CCn2cc(C(CO)c3ccccc3)nn2)O[C@]12C(=O)N(Cc1cccc(N3CCOC3=O)c1)c1ccc(N3CCOC3=O)cc12. The molecule has 1 unspecified atom stereocenters. The van der Waals surface area contributed by atoms with E-state index >= 15 is 4.79 Å². The van der Waals surface area contributed by atoms with Crippen molar-refractivity contribution >= 4 is 43.5 Å². The van der Waals surface area contributed by atoms with E-state index in [1.54, 1.807) is 19.4 Å². The molecule has 4 aromatic rings. The number of aliphatic hydroxyl groups is 1. The molecule has 4 aliphatic rings. The molecule has 0 radical (unpaired) electrons. The largest absolute Gasteiger partial charge is 0.447 e. The summed E-state index contributed by atoms with van der Waals surface area (Å²) >= 11 is 0. The number of cyclic esters (lactones) is 2. The predicted octanol–water partition coefficient (Wildman–Crippen LogP) is 4.75. The van der Waals surface area contributed by atoms with E-state index < -0.39 is 38.1 Å². The number of benzene rings is 3. The average molecular weight is 753 g/mol. The number of fused-ring (bicyclic) bond motifs is 2. The van der Waals surface area contributed by atoms with E-state index in [1.807, 2.05) is 99.0 Å². The number of amides is 3. The fourth-order valence-corrected chi connectivity index (χ4v) is 11.4. The van der Waals surface area contributed by atoms with Crippen LogP contribution >= 0.6 is 0 Å². The van der Waals surface area contributed by atoms with Crippen molar-refractivity contribution < 1.29 is 38.5 Å². The van der Waals surface area contributed by atoms with Crippen molar-refractivity contribution in [3.05, 3.63) is 101 Å². The number of hydrogen-bond donors (Lipinski definition) is 2. The maximum Gasteiger partial charge on any atom is 0.414 e. The van der Waals surface area contributed by atoms with Crippen LogP contribution in [-0.2, 0) is 37.7 Å². The molecular weight excluding hydrogens is 709 g/mol. The number of anilines is 3. The van der Waals surface area contributed by atoms with Crippen molar-refractivity contribution in [2.45, 2.75) is 62.7 Å².